The molecule has 5 heteroatoms. The predicted octanol–water partition coefficient (Wildman–Crippen LogP) is 3.25. The molecule has 0 bridgehead atoms. The second-order valence-electron chi connectivity index (χ2n) is 4.59. The third-order valence-electron chi connectivity index (χ3n) is 3.05. The maximum atomic E-state index is 12.1. The Morgan fingerprint density at radius 1 is 1.24 bits per heavy atom. The number of aryl methyl sites for hydroxylation is 2. The van der Waals surface area contributed by atoms with Gasteiger partial charge in [0.25, 0.3) is 5.91 Å². The highest BCUT2D eigenvalue weighted by Crippen LogP contribution is 2.18. The maximum absolute atomic E-state index is 12.1. The van der Waals surface area contributed by atoms with Crippen molar-refractivity contribution < 1.29 is 19.1 Å². The van der Waals surface area contributed by atoms with Crippen molar-refractivity contribution in [3.05, 3.63) is 59.1 Å². The Hall–Kier alpha value is -2.82. The Morgan fingerprint density at radius 3 is 2.62 bits per heavy atom. The second-order valence-corrected chi connectivity index (χ2v) is 4.59. The number of nitrogens with one attached hydrogen (secondary N) is 1. The average molecular weight is 285 g/mol. The van der Waals surface area contributed by atoms with Crippen molar-refractivity contribution in [1.82, 2.24) is 0 Å². The van der Waals surface area contributed by atoms with Crippen LogP contribution >= 0.6 is 0 Å². The van der Waals surface area contributed by atoms with Gasteiger partial charge in [-0.15, -0.1) is 0 Å². The lowest BCUT2D eigenvalue weighted by Crippen LogP contribution is -2.12. The number of rotatable bonds is 4. The summed E-state index contributed by atoms with van der Waals surface area (Å²) in [6, 6.07) is 6.91. The van der Waals surface area contributed by atoms with Crippen LogP contribution < -0.4 is 5.32 Å². The van der Waals surface area contributed by atoms with Crippen LogP contribution in [0.15, 0.2) is 41.0 Å². The van der Waals surface area contributed by atoms with Gasteiger partial charge in [0.05, 0.1) is 11.8 Å². The molecule has 0 radical (unpaired) electrons. The minimum atomic E-state index is -1.02. The van der Waals surface area contributed by atoms with Gasteiger partial charge >= 0.3 is 5.97 Å². The lowest BCUT2D eigenvalue weighted by atomic mass is 10.1. The maximum Gasteiger partial charge on any atom is 0.328 e. The first kappa shape index (κ1) is 14.6. The molecule has 2 N–H and O–H groups in total. The standard InChI is InChI=1S/C16H15NO4/c1-10-3-5-13(9-12(10)4-6-15(18)19)17-16(20)14-7-8-21-11(14)2/h3-9H,1-2H3,(H,17,20)(H,18,19). The first-order chi connectivity index (χ1) is 9.97. The molecule has 0 aliphatic heterocycles. The van der Waals surface area contributed by atoms with Crippen LogP contribution in [-0.2, 0) is 4.79 Å². The molecule has 2 rings (SSSR count). The van der Waals surface area contributed by atoms with Gasteiger partial charge in [-0.25, -0.2) is 4.79 Å². The molecular weight excluding hydrogens is 270 g/mol. The third-order valence-corrected chi connectivity index (χ3v) is 3.05. The van der Waals surface area contributed by atoms with Crippen LogP contribution in [0.25, 0.3) is 6.08 Å². The zero-order chi connectivity index (χ0) is 15.4. The second kappa shape index (κ2) is 6.09. The lowest BCUT2D eigenvalue weighted by Gasteiger charge is -2.07. The van der Waals surface area contributed by atoms with Crippen LogP contribution in [-0.4, -0.2) is 17.0 Å². The van der Waals surface area contributed by atoms with Crippen LogP contribution in [0, 0.1) is 13.8 Å². The van der Waals surface area contributed by atoms with E-state index < -0.39 is 5.97 Å². The Morgan fingerprint density at radius 2 is 2.00 bits per heavy atom. The van der Waals surface area contributed by atoms with Gasteiger partial charge in [0.2, 0.25) is 0 Å². The van der Waals surface area contributed by atoms with Crippen LogP contribution in [0.1, 0.15) is 27.2 Å². The summed E-state index contributed by atoms with van der Waals surface area (Å²) in [6.45, 7) is 3.58. The summed E-state index contributed by atoms with van der Waals surface area (Å²) in [4.78, 5) is 22.6. The number of benzene rings is 1. The number of hydrogen-bond acceptors (Lipinski definition) is 3. The van der Waals surface area contributed by atoms with Gasteiger partial charge < -0.3 is 14.8 Å². The highest BCUT2D eigenvalue weighted by Gasteiger charge is 2.11. The van der Waals surface area contributed by atoms with Crippen LogP contribution in [0.4, 0.5) is 5.69 Å². The van der Waals surface area contributed by atoms with Crippen molar-refractivity contribution in [3.8, 4) is 0 Å². The zero-order valence-corrected chi connectivity index (χ0v) is 11.7. The molecule has 1 heterocycles. The number of anilines is 1. The lowest BCUT2D eigenvalue weighted by molar-refractivity contribution is -0.131. The van der Waals surface area contributed by atoms with E-state index in [2.05, 4.69) is 5.32 Å². The van der Waals surface area contributed by atoms with Gasteiger partial charge in [-0.3, -0.25) is 4.79 Å². The predicted molar refractivity (Wildman–Crippen MR) is 79.2 cm³/mol. The van der Waals surface area contributed by atoms with Gasteiger partial charge in [-0.1, -0.05) is 6.07 Å². The third kappa shape index (κ3) is 3.60. The van der Waals surface area contributed by atoms with Crippen molar-refractivity contribution >= 4 is 23.6 Å². The zero-order valence-electron chi connectivity index (χ0n) is 11.7. The quantitative estimate of drug-likeness (QED) is 0.845. The molecule has 1 aromatic carbocycles. The molecule has 1 aromatic heterocycles. The summed E-state index contributed by atoms with van der Waals surface area (Å²) in [5.74, 6) is -0.735. The molecule has 108 valence electrons. The van der Waals surface area contributed by atoms with E-state index in [0.29, 0.717) is 17.0 Å². The molecule has 0 fully saturated rings. The summed E-state index contributed by atoms with van der Waals surface area (Å²) < 4.78 is 5.09. The van der Waals surface area contributed by atoms with Gasteiger partial charge in [0.15, 0.2) is 0 Å². The minimum absolute atomic E-state index is 0.265. The van der Waals surface area contributed by atoms with Crippen LogP contribution in [0.5, 0.6) is 0 Å². The number of carboxylic acid groups (broad SMARTS) is 1. The molecule has 2 aromatic rings. The highest BCUT2D eigenvalue weighted by molar-refractivity contribution is 6.05. The Kier molecular flexibility index (Phi) is 4.23. The first-order valence-electron chi connectivity index (χ1n) is 6.34. The van der Waals surface area contributed by atoms with Gasteiger partial charge in [0, 0.05) is 11.8 Å². The molecule has 0 spiro atoms. The summed E-state index contributed by atoms with van der Waals surface area (Å²) in [6.07, 6.45) is 4.02. The number of carbonyl (C=O) groups excluding carboxylic acids is 1. The fraction of sp³-hybridized carbons (Fsp3) is 0.125. The number of carbonyl (C=O) groups is 2. The summed E-state index contributed by atoms with van der Waals surface area (Å²) in [5.41, 5.74) is 2.72. The average Bonchev–Trinajstić information content (AvgIpc) is 2.85. The van der Waals surface area contributed by atoms with E-state index in [4.69, 9.17) is 9.52 Å². The monoisotopic (exact) mass is 285 g/mol. The van der Waals surface area contributed by atoms with E-state index in [1.54, 1.807) is 25.1 Å². The molecule has 1 amide bonds. The van der Waals surface area contributed by atoms with Gasteiger partial charge in [-0.2, -0.15) is 0 Å². The first-order valence-corrected chi connectivity index (χ1v) is 6.34. The van der Waals surface area contributed by atoms with E-state index in [1.165, 1.54) is 12.3 Å². The number of furan rings is 1. The number of hydrogen-bond donors (Lipinski definition) is 2. The fourth-order valence-corrected chi connectivity index (χ4v) is 1.88. The van der Waals surface area contributed by atoms with E-state index in [1.807, 2.05) is 13.0 Å². The van der Waals surface area contributed by atoms with E-state index in [-0.39, 0.29) is 5.91 Å². The fourth-order valence-electron chi connectivity index (χ4n) is 1.88. The van der Waals surface area contributed by atoms with E-state index >= 15 is 0 Å². The molecular formula is C16H15NO4. The van der Waals surface area contributed by atoms with E-state index in [0.717, 1.165) is 17.2 Å². The minimum Gasteiger partial charge on any atom is -0.478 e. The topological polar surface area (TPSA) is 79.5 Å². The van der Waals surface area contributed by atoms with Crippen molar-refractivity contribution in [1.29, 1.82) is 0 Å². The molecule has 0 saturated heterocycles. The smallest absolute Gasteiger partial charge is 0.328 e. The molecule has 0 aliphatic rings. The van der Waals surface area contributed by atoms with Crippen molar-refractivity contribution in [3.63, 3.8) is 0 Å². The number of aliphatic carboxylic acids is 1. The summed E-state index contributed by atoms with van der Waals surface area (Å²) >= 11 is 0. The Labute approximate surface area is 121 Å². The summed E-state index contributed by atoms with van der Waals surface area (Å²) in [7, 11) is 0. The van der Waals surface area contributed by atoms with Crippen molar-refractivity contribution in [2.24, 2.45) is 0 Å². The molecule has 21 heavy (non-hydrogen) atoms. The number of amides is 1. The Bertz CT molecular complexity index is 713. The molecule has 0 atom stereocenters. The Balaban J connectivity index is 2.21. The molecule has 0 saturated carbocycles. The van der Waals surface area contributed by atoms with Crippen LogP contribution in [0.3, 0.4) is 0 Å². The highest BCUT2D eigenvalue weighted by atomic mass is 16.4. The molecule has 0 aliphatic carbocycles. The van der Waals surface area contributed by atoms with Crippen molar-refractivity contribution in [2.45, 2.75) is 13.8 Å². The van der Waals surface area contributed by atoms with E-state index in [9.17, 15) is 9.59 Å². The normalized spacial score (nSPS) is 10.8. The van der Waals surface area contributed by atoms with Gasteiger partial charge in [0.1, 0.15) is 5.76 Å². The largest absolute Gasteiger partial charge is 0.478 e. The van der Waals surface area contributed by atoms with Crippen LogP contribution in [0.2, 0.25) is 0 Å². The summed E-state index contributed by atoms with van der Waals surface area (Å²) in [5, 5.41) is 11.4. The SMILES string of the molecule is Cc1ccc(NC(=O)c2ccoc2C)cc1C=CC(=O)O. The molecule has 5 nitrogen and oxygen atoms in total. The van der Waals surface area contributed by atoms with Gasteiger partial charge in [-0.05, 0) is 49.2 Å². The molecule has 0 unspecified atom stereocenters. The number of carboxylic acids is 1. The van der Waals surface area contributed by atoms with Crippen molar-refractivity contribution in [2.75, 3.05) is 5.32 Å².